The van der Waals surface area contributed by atoms with E-state index in [1.807, 2.05) is 29.3 Å². The molecule has 2 heterocycles. The van der Waals surface area contributed by atoms with Crippen LogP contribution < -0.4 is 10.2 Å². The van der Waals surface area contributed by atoms with Crippen LogP contribution in [0.3, 0.4) is 0 Å². The summed E-state index contributed by atoms with van der Waals surface area (Å²) < 4.78 is 5.41. The van der Waals surface area contributed by atoms with Gasteiger partial charge in [-0.25, -0.2) is 4.79 Å². The van der Waals surface area contributed by atoms with Crippen LogP contribution in [0.4, 0.5) is 10.5 Å². The first-order valence-corrected chi connectivity index (χ1v) is 11.8. The van der Waals surface area contributed by atoms with Crippen LogP contribution in [0.1, 0.15) is 26.3 Å². The number of carbonyl (C=O) groups excluding carboxylic acids is 2. The van der Waals surface area contributed by atoms with Gasteiger partial charge in [0.1, 0.15) is 11.6 Å². The average Bonchev–Trinajstić information content (AvgIpc) is 3.26. The molecule has 4 rings (SSSR count). The standard InChI is InChI=1S/C25H30ClN5O3/c1-25(2,3)34-24(33)28-22(14-17-4-6-19(26)7-5-17)23(32)31-12-10-30(11-13-31)20-8-9-21-18(15-20)16-27-29-21/h4-9,15-16,22H,10-14H2,1-3H3,(H,27,29)(H,28,33)/t22-/m1/s1. The minimum atomic E-state index is -0.732. The topological polar surface area (TPSA) is 90.6 Å². The van der Waals surface area contributed by atoms with Gasteiger partial charge in [0.05, 0.1) is 11.7 Å². The van der Waals surface area contributed by atoms with E-state index in [9.17, 15) is 9.59 Å². The summed E-state index contributed by atoms with van der Waals surface area (Å²) in [4.78, 5) is 30.0. The summed E-state index contributed by atoms with van der Waals surface area (Å²) in [6.45, 7) is 7.92. The number of nitrogens with zero attached hydrogens (tertiary/aromatic N) is 3. The Kier molecular flexibility index (Phi) is 6.97. The molecule has 180 valence electrons. The molecule has 1 aliphatic rings. The van der Waals surface area contributed by atoms with Crippen LogP contribution in [0.25, 0.3) is 10.9 Å². The number of amides is 2. The molecule has 1 aromatic heterocycles. The molecule has 9 heteroatoms. The van der Waals surface area contributed by atoms with E-state index in [4.69, 9.17) is 16.3 Å². The molecular weight excluding hydrogens is 454 g/mol. The lowest BCUT2D eigenvalue weighted by Gasteiger charge is -2.37. The Morgan fingerprint density at radius 2 is 1.82 bits per heavy atom. The molecule has 0 saturated carbocycles. The van der Waals surface area contributed by atoms with Gasteiger partial charge in [0.15, 0.2) is 0 Å². The minimum absolute atomic E-state index is 0.120. The highest BCUT2D eigenvalue weighted by molar-refractivity contribution is 6.30. The maximum Gasteiger partial charge on any atom is 0.408 e. The van der Waals surface area contributed by atoms with Gasteiger partial charge < -0.3 is 19.9 Å². The number of nitrogens with one attached hydrogen (secondary N) is 2. The molecule has 3 aromatic rings. The number of rotatable bonds is 5. The molecule has 2 N–H and O–H groups in total. The summed E-state index contributed by atoms with van der Waals surface area (Å²) >= 11 is 6.00. The molecule has 0 radical (unpaired) electrons. The van der Waals surface area contributed by atoms with Crippen molar-refractivity contribution in [1.29, 1.82) is 0 Å². The fourth-order valence-electron chi connectivity index (χ4n) is 4.04. The summed E-state index contributed by atoms with van der Waals surface area (Å²) in [5, 5.41) is 11.5. The molecule has 34 heavy (non-hydrogen) atoms. The highest BCUT2D eigenvalue weighted by atomic mass is 35.5. The third-order valence-electron chi connectivity index (χ3n) is 5.72. The van der Waals surface area contributed by atoms with E-state index < -0.39 is 17.7 Å². The Hall–Kier alpha value is -3.26. The number of aromatic nitrogens is 2. The van der Waals surface area contributed by atoms with E-state index in [0.29, 0.717) is 37.6 Å². The molecule has 8 nitrogen and oxygen atoms in total. The van der Waals surface area contributed by atoms with Crippen molar-refractivity contribution >= 4 is 40.2 Å². The van der Waals surface area contributed by atoms with E-state index in [0.717, 1.165) is 22.2 Å². The zero-order valence-electron chi connectivity index (χ0n) is 19.7. The molecule has 0 spiro atoms. The van der Waals surface area contributed by atoms with E-state index in [-0.39, 0.29) is 5.91 Å². The molecular formula is C25H30ClN5O3. The van der Waals surface area contributed by atoms with Crippen molar-refractivity contribution in [2.75, 3.05) is 31.1 Å². The average molecular weight is 484 g/mol. The van der Waals surface area contributed by atoms with Crippen molar-refractivity contribution in [3.63, 3.8) is 0 Å². The van der Waals surface area contributed by atoms with Crippen LogP contribution in [0, 0.1) is 0 Å². The lowest BCUT2D eigenvalue weighted by Crippen LogP contribution is -2.56. The monoisotopic (exact) mass is 483 g/mol. The quantitative estimate of drug-likeness (QED) is 0.572. The van der Waals surface area contributed by atoms with Crippen LogP contribution in [0.2, 0.25) is 5.02 Å². The number of alkyl carbamates (subject to hydrolysis) is 1. The van der Waals surface area contributed by atoms with E-state index in [2.05, 4.69) is 32.5 Å². The summed E-state index contributed by atoms with van der Waals surface area (Å²) in [6, 6.07) is 12.7. The first kappa shape index (κ1) is 23.9. The number of hydrogen-bond donors (Lipinski definition) is 2. The van der Waals surface area contributed by atoms with E-state index >= 15 is 0 Å². The number of fused-ring (bicyclic) bond motifs is 1. The Morgan fingerprint density at radius 1 is 1.12 bits per heavy atom. The van der Waals surface area contributed by atoms with Crippen molar-refractivity contribution in [3.8, 4) is 0 Å². The number of piperazine rings is 1. The number of hydrogen-bond acceptors (Lipinski definition) is 5. The van der Waals surface area contributed by atoms with Gasteiger partial charge in [-0.15, -0.1) is 0 Å². The van der Waals surface area contributed by atoms with Gasteiger partial charge >= 0.3 is 6.09 Å². The lowest BCUT2D eigenvalue weighted by molar-refractivity contribution is -0.133. The van der Waals surface area contributed by atoms with Gasteiger partial charge in [0.25, 0.3) is 0 Å². The van der Waals surface area contributed by atoms with Gasteiger partial charge in [-0.2, -0.15) is 5.10 Å². The number of anilines is 1. The van der Waals surface area contributed by atoms with Crippen molar-refractivity contribution in [2.45, 2.75) is 38.8 Å². The number of H-pyrrole nitrogens is 1. The van der Waals surface area contributed by atoms with Gasteiger partial charge in [0, 0.05) is 48.7 Å². The molecule has 0 unspecified atom stereocenters. The fourth-order valence-corrected chi connectivity index (χ4v) is 4.16. The van der Waals surface area contributed by atoms with Crippen molar-refractivity contribution in [2.24, 2.45) is 0 Å². The largest absolute Gasteiger partial charge is 0.444 e. The number of halogens is 1. The zero-order chi connectivity index (χ0) is 24.3. The Morgan fingerprint density at radius 3 is 2.50 bits per heavy atom. The second kappa shape index (κ2) is 9.93. The van der Waals surface area contributed by atoms with Crippen LogP contribution >= 0.6 is 11.6 Å². The van der Waals surface area contributed by atoms with E-state index in [1.165, 1.54) is 0 Å². The fraction of sp³-hybridized carbons (Fsp3) is 0.400. The zero-order valence-corrected chi connectivity index (χ0v) is 20.4. The first-order chi connectivity index (χ1) is 16.2. The molecule has 0 aliphatic carbocycles. The number of carbonyl (C=O) groups is 2. The smallest absolute Gasteiger partial charge is 0.408 e. The SMILES string of the molecule is CC(C)(C)OC(=O)N[C@H](Cc1ccc(Cl)cc1)C(=O)N1CCN(c2ccc3[nH]ncc3c2)CC1. The first-order valence-electron chi connectivity index (χ1n) is 11.4. The van der Waals surface area contributed by atoms with Gasteiger partial charge in [-0.1, -0.05) is 23.7 Å². The molecule has 0 bridgehead atoms. The van der Waals surface area contributed by atoms with Crippen molar-refractivity contribution in [1.82, 2.24) is 20.4 Å². The molecule has 1 saturated heterocycles. The second-order valence-electron chi connectivity index (χ2n) is 9.48. The lowest BCUT2D eigenvalue weighted by atomic mass is 10.0. The van der Waals surface area contributed by atoms with E-state index in [1.54, 1.807) is 32.9 Å². The van der Waals surface area contributed by atoms with Crippen molar-refractivity contribution in [3.05, 3.63) is 59.2 Å². The third kappa shape index (κ3) is 5.99. The van der Waals surface area contributed by atoms with Crippen LogP contribution in [-0.2, 0) is 16.0 Å². The molecule has 2 amide bonds. The van der Waals surface area contributed by atoms with Crippen molar-refractivity contribution < 1.29 is 14.3 Å². The van der Waals surface area contributed by atoms with Gasteiger partial charge in [-0.05, 0) is 56.7 Å². The maximum atomic E-state index is 13.5. The number of aromatic amines is 1. The molecule has 1 atom stereocenters. The molecule has 1 aliphatic heterocycles. The molecule has 1 fully saturated rings. The maximum absolute atomic E-state index is 13.5. The molecule has 2 aromatic carbocycles. The summed E-state index contributed by atoms with van der Waals surface area (Å²) in [5.74, 6) is -0.120. The Labute approximate surface area is 204 Å². The Bertz CT molecular complexity index is 1150. The normalized spacial score (nSPS) is 15.3. The van der Waals surface area contributed by atoms with Gasteiger partial charge in [0.2, 0.25) is 5.91 Å². The summed E-state index contributed by atoms with van der Waals surface area (Å²) in [6.07, 6.45) is 1.56. The van der Waals surface area contributed by atoms with Gasteiger partial charge in [-0.3, -0.25) is 9.89 Å². The summed E-state index contributed by atoms with van der Waals surface area (Å²) in [7, 11) is 0. The summed E-state index contributed by atoms with van der Waals surface area (Å²) in [5.41, 5.74) is 2.35. The van der Waals surface area contributed by atoms with Crippen LogP contribution in [0.5, 0.6) is 0 Å². The van der Waals surface area contributed by atoms with Crippen LogP contribution in [0.15, 0.2) is 48.7 Å². The highest BCUT2D eigenvalue weighted by Crippen LogP contribution is 2.22. The number of ether oxygens (including phenoxy) is 1. The second-order valence-corrected chi connectivity index (χ2v) is 9.92. The predicted octanol–water partition coefficient (Wildman–Crippen LogP) is 4.00. The minimum Gasteiger partial charge on any atom is -0.444 e. The Balaban J connectivity index is 1.43. The predicted molar refractivity (Wildman–Crippen MR) is 133 cm³/mol. The van der Waals surface area contributed by atoms with Crippen LogP contribution in [-0.4, -0.2) is 64.9 Å². The third-order valence-corrected chi connectivity index (χ3v) is 5.97. The number of benzene rings is 2. The highest BCUT2D eigenvalue weighted by Gasteiger charge is 2.30.